The zero-order valence-corrected chi connectivity index (χ0v) is 33.1. The van der Waals surface area contributed by atoms with Crippen molar-refractivity contribution >= 4 is 46.1 Å². The summed E-state index contributed by atoms with van der Waals surface area (Å²) in [7, 11) is 1.50. The van der Waals surface area contributed by atoms with Crippen LogP contribution in [0, 0.1) is 5.92 Å². The molecule has 16 heteroatoms. The Morgan fingerprint density at radius 3 is 2.47 bits per heavy atom. The van der Waals surface area contributed by atoms with Crippen molar-refractivity contribution in [3.05, 3.63) is 117 Å². The molecule has 1 aromatic heterocycles. The lowest BCUT2D eigenvalue weighted by molar-refractivity contribution is 0.0837. The number of nitrogens with zero attached hydrogens (tertiary/aromatic N) is 2. The first kappa shape index (κ1) is 44.4. The van der Waals surface area contributed by atoms with E-state index in [0.29, 0.717) is 52.4 Å². The fourth-order valence-corrected chi connectivity index (χ4v) is 8.29. The van der Waals surface area contributed by atoms with Gasteiger partial charge in [-0.1, -0.05) is 60.1 Å². The maximum Gasteiger partial charge on any atom is 0.412 e. The molecule has 4 heterocycles. The minimum atomic E-state index is -0.957. The topological polar surface area (TPSA) is 177 Å². The van der Waals surface area contributed by atoms with Crippen LogP contribution in [0.5, 0.6) is 11.5 Å². The number of rotatable bonds is 14. The monoisotopic (exact) mass is 835 g/mol. The number of phenolic OH excluding ortho intramolecular Hbond substituents is 1. The van der Waals surface area contributed by atoms with Crippen molar-refractivity contribution in [2.24, 2.45) is 5.92 Å². The number of carbonyl (C=O) groups excluding carboxylic acids is 1. The summed E-state index contributed by atoms with van der Waals surface area (Å²) in [4.78, 5) is 44.0. The van der Waals surface area contributed by atoms with E-state index in [1.165, 1.54) is 19.2 Å². The van der Waals surface area contributed by atoms with Crippen molar-refractivity contribution in [2.45, 2.75) is 44.4 Å². The average molecular weight is 836 g/mol. The first-order chi connectivity index (χ1) is 27.6. The molecule has 0 saturated carbocycles. The molecular formula is C43H48ClF2N5O8. The molecule has 5 aromatic rings. The van der Waals surface area contributed by atoms with Gasteiger partial charge in [0.15, 0.2) is 0 Å². The highest BCUT2D eigenvalue weighted by molar-refractivity contribution is 6.33. The fourth-order valence-electron chi connectivity index (χ4n) is 8.05. The molecule has 2 bridgehead atoms. The van der Waals surface area contributed by atoms with E-state index in [4.69, 9.17) is 21.1 Å². The number of ether oxygens (including phenoxy) is 2. The molecule has 8 rings (SSSR count). The molecule has 3 aliphatic heterocycles. The molecule has 314 valence electrons. The Bertz CT molecular complexity index is 2310. The summed E-state index contributed by atoms with van der Waals surface area (Å²) in [5.41, 5.74) is 4.83. The molecule has 1 unspecified atom stereocenters. The summed E-state index contributed by atoms with van der Waals surface area (Å²) in [6, 6.07) is 24.8. The van der Waals surface area contributed by atoms with Crippen molar-refractivity contribution in [1.29, 1.82) is 0 Å². The number of fused-ring (bicyclic) bond motifs is 4. The van der Waals surface area contributed by atoms with Crippen molar-refractivity contribution < 1.29 is 43.8 Å². The van der Waals surface area contributed by atoms with Crippen LogP contribution in [0.15, 0.2) is 89.7 Å². The summed E-state index contributed by atoms with van der Waals surface area (Å²) >= 11 is 6.57. The highest BCUT2D eigenvalue weighted by Crippen LogP contribution is 2.39. The lowest BCUT2D eigenvalue weighted by Gasteiger charge is -2.48. The lowest BCUT2D eigenvalue weighted by Crippen LogP contribution is -2.59. The van der Waals surface area contributed by atoms with Gasteiger partial charge in [0.1, 0.15) is 11.5 Å². The van der Waals surface area contributed by atoms with Crippen molar-refractivity contribution in [2.75, 3.05) is 50.1 Å². The molecule has 2 atom stereocenters. The summed E-state index contributed by atoms with van der Waals surface area (Å²) in [6.45, 7) is 3.28. The number of aromatic hydroxyl groups is 1. The Labute approximate surface area is 344 Å². The second kappa shape index (κ2) is 19.8. The number of H-pyrrole nitrogens is 1. The summed E-state index contributed by atoms with van der Waals surface area (Å²) in [5, 5.41) is 38.3. The number of hydrogen-bond donors (Lipinski definition) is 6. The van der Waals surface area contributed by atoms with Gasteiger partial charge >= 0.3 is 12.2 Å². The van der Waals surface area contributed by atoms with Gasteiger partial charge in [-0.15, -0.1) is 0 Å². The smallest absolute Gasteiger partial charge is 0.412 e. The van der Waals surface area contributed by atoms with E-state index in [1.807, 2.05) is 48.5 Å². The Morgan fingerprint density at radius 1 is 1.02 bits per heavy atom. The lowest BCUT2D eigenvalue weighted by atomic mass is 9.82. The van der Waals surface area contributed by atoms with Crippen LogP contribution < -0.4 is 25.8 Å². The number of nitrogens with one attached hydrogen (secondary N) is 3. The number of aliphatic hydroxyl groups is 1. The summed E-state index contributed by atoms with van der Waals surface area (Å²) in [6.07, 6.45) is 0.460. The molecule has 0 aliphatic carbocycles. The van der Waals surface area contributed by atoms with Gasteiger partial charge in [-0.05, 0) is 85.6 Å². The molecule has 2 amide bonds. The number of halogens is 3. The van der Waals surface area contributed by atoms with Gasteiger partial charge < -0.3 is 40.0 Å². The van der Waals surface area contributed by atoms with Crippen molar-refractivity contribution in [3.63, 3.8) is 0 Å². The average Bonchev–Trinajstić information content (AvgIpc) is 3.21. The van der Waals surface area contributed by atoms with Gasteiger partial charge in [0.25, 0.3) is 0 Å². The number of phenols is 1. The second-order valence-corrected chi connectivity index (χ2v) is 14.9. The van der Waals surface area contributed by atoms with E-state index in [9.17, 15) is 29.7 Å². The number of anilines is 2. The van der Waals surface area contributed by atoms with Crippen LogP contribution >= 0.6 is 11.6 Å². The maximum absolute atomic E-state index is 12.9. The number of aryl methyl sites for hydroxylation is 1. The van der Waals surface area contributed by atoms with Gasteiger partial charge in [0.2, 0.25) is 5.56 Å². The number of carbonyl (C=O) groups is 2. The van der Waals surface area contributed by atoms with E-state index in [0.717, 1.165) is 49.2 Å². The molecule has 4 aromatic carbocycles. The predicted molar refractivity (Wildman–Crippen MR) is 225 cm³/mol. The Morgan fingerprint density at radius 2 is 1.78 bits per heavy atom. The third-order valence-corrected chi connectivity index (χ3v) is 11.2. The van der Waals surface area contributed by atoms with E-state index in [1.54, 1.807) is 29.2 Å². The van der Waals surface area contributed by atoms with Gasteiger partial charge in [-0.25, -0.2) is 9.59 Å². The quantitative estimate of drug-likeness (QED) is 0.0617. The predicted octanol–water partition coefficient (Wildman–Crippen LogP) is 7.45. The number of piperidine rings is 3. The third-order valence-electron chi connectivity index (χ3n) is 10.9. The zero-order chi connectivity index (χ0) is 40.1. The maximum atomic E-state index is 12.9. The van der Waals surface area contributed by atoms with Gasteiger partial charge in [0, 0.05) is 48.3 Å². The third kappa shape index (κ3) is 10.1. The summed E-state index contributed by atoms with van der Waals surface area (Å²) < 4.78 is 11.1. The highest BCUT2D eigenvalue weighted by atomic mass is 35.5. The second-order valence-electron chi connectivity index (χ2n) is 14.5. The van der Waals surface area contributed by atoms with Crippen LogP contribution in [-0.2, 0) is 17.7 Å². The molecule has 6 N–H and O–H groups in total. The van der Waals surface area contributed by atoms with E-state index >= 15 is 0 Å². The van der Waals surface area contributed by atoms with Gasteiger partial charge in [-0.2, -0.15) is 0 Å². The number of carboxylic acid groups (broad SMARTS) is 1. The van der Waals surface area contributed by atoms with Crippen molar-refractivity contribution in [3.8, 4) is 22.6 Å². The number of methoxy groups -OCH3 is 1. The highest BCUT2D eigenvalue weighted by Gasteiger charge is 2.41. The normalized spacial score (nSPS) is 17.3. The number of aromatic amines is 1. The van der Waals surface area contributed by atoms with Gasteiger partial charge in [0.05, 0.1) is 47.8 Å². The molecule has 3 saturated heterocycles. The zero-order valence-electron chi connectivity index (χ0n) is 32.4. The molecule has 0 spiro atoms. The van der Waals surface area contributed by atoms with E-state index < -0.39 is 18.3 Å². The van der Waals surface area contributed by atoms with Crippen LogP contribution in [0.2, 0.25) is 5.02 Å². The van der Waals surface area contributed by atoms with Crippen LogP contribution in [0.3, 0.4) is 0 Å². The molecule has 3 fully saturated rings. The minimum Gasteiger partial charge on any atom is -0.506 e. The first-order valence-corrected chi connectivity index (χ1v) is 19.4. The number of hydrogen-bond acceptors (Lipinski definition) is 9. The minimum absolute atomic E-state index is 0. The first-order valence-electron chi connectivity index (χ1n) is 19.1. The number of benzene rings is 4. The molecular weight excluding hydrogens is 788 g/mol. The molecule has 0 radical (unpaired) electrons. The van der Waals surface area contributed by atoms with Crippen LogP contribution in [-0.4, -0.2) is 83.3 Å². The molecule has 3 aliphatic rings. The Hall–Kier alpha value is -5.74. The van der Waals surface area contributed by atoms with Crippen LogP contribution in [0.4, 0.5) is 30.4 Å². The van der Waals surface area contributed by atoms with Crippen LogP contribution in [0.25, 0.3) is 22.0 Å². The standard InChI is InChI=1S/C43H46ClN5O8.2FH/c1-56-39-22-34(33(44)21-29(39)23-45-24-38(51)31-11-13-37(50)41-32(31)12-14-40(52)47-41)46-42(53)57-19-5-6-26-9-10-30(27-7-3-2-4-8-27)35(20-26)49(43(54)55)36-25-48-17-15-28(36)16-18-48;;/h2-4,7-14,20-22,28,36,38,45,50-51H,5-6,15-19,23-25H2,1H3,(H,46,53)(H,47,52)(H,54,55);2*1H/t36?,38-;;/m0../s1. The molecule has 59 heavy (non-hydrogen) atoms. The van der Waals surface area contributed by atoms with E-state index in [-0.39, 0.29) is 57.0 Å². The number of aliphatic hydroxyl groups excluding tert-OH is 1. The summed E-state index contributed by atoms with van der Waals surface area (Å²) in [5.74, 6) is 0.681. The molecule has 13 nitrogen and oxygen atoms in total. The number of amides is 2. The largest absolute Gasteiger partial charge is 0.506 e. The Kier molecular flexibility index (Phi) is 14.9. The van der Waals surface area contributed by atoms with Crippen molar-refractivity contribution in [1.82, 2.24) is 15.2 Å². The van der Waals surface area contributed by atoms with Gasteiger partial charge in [-0.3, -0.25) is 24.4 Å². The Balaban J connectivity index is 0.00000331. The van der Waals surface area contributed by atoms with E-state index in [2.05, 4.69) is 20.5 Å². The fraction of sp³-hybridized carbons (Fsp3) is 0.326. The SMILES string of the molecule is COc1cc(NC(=O)OCCCc2ccc(-c3ccccc3)c(N(C(=O)O)C3CN4CCC3CC4)c2)c(Cl)cc1CNC[C@H](O)c1ccc(O)c2[nH]c(=O)ccc12.F.F. The number of pyridine rings is 1. The number of aromatic nitrogens is 1. The van der Waals surface area contributed by atoms with Crippen LogP contribution in [0.1, 0.15) is 42.1 Å².